The summed E-state index contributed by atoms with van der Waals surface area (Å²) in [5.41, 5.74) is 3.95. The Morgan fingerprint density at radius 3 is 2.86 bits per heavy atom. The highest BCUT2D eigenvalue weighted by Crippen LogP contribution is 2.34. The molecule has 2 aromatic carbocycles. The number of amides is 2. The van der Waals surface area contributed by atoms with Gasteiger partial charge in [-0.2, -0.15) is 0 Å². The maximum Gasteiger partial charge on any atom is 0.318 e. The molecule has 0 spiro atoms. The number of nitrogens with one attached hydrogen (secondary N) is 1. The van der Waals surface area contributed by atoms with Gasteiger partial charge in [0.25, 0.3) is 0 Å². The quantitative estimate of drug-likeness (QED) is 0.573. The van der Waals surface area contributed by atoms with Gasteiger partial charge < -0.3 is 14.6 Å². The van der Waals surface area contributed by atoms with Crippen molar-refractivity contribution < 1.29 is 13.6 Å². The van der Waals surface area contributed by atoms with E-state index in [0.29, 0.717) is 30.1 Å². The van der Waals surface area contributed by atoms with E-state index in [-0.39, 0.29) is 17.9 Å². The monoisotopic (exact) mass is 395 g/mol. The van der Waals surface area contributed by atoms with E-state index < -0.39 is 0 Å². The summed E-state index contributed by atoms with van der Waals surface area (Å²) in [6.45, 7) is 5.25. The van der Waals surface area contributed by atoms with E-state index in [2.05, 4.69) is 17.2 Å². The molecule has 3 aromatic rings. The topological polar surface area (TPSA) is 58.4 Å². The Morgan fingerprint density at radius 2 is 2.07 bits per heavy atom. The molecule has 0 bridgehead atoms. The predicted octanol–water partition coefficient (Wildman–Crippen LogP) is 5.59. The van der Waals surface area contributed by atoms with Crippen molar-refractivity contribution in [2.75, 3.05) is 13.1 Å². The molecule has 2 amide bonds. The first kappa shape index (κ1) is 19.4. The van der Waals surface area contributed by atoms with Crippen LogP contribution >= 0.6 is 0 Å². The van der Waals surface area contributed by atoms with E-state index in [9.17, 15) is 9.18 Å². The summed E-state index contributed by atoms with van der Waals surface area (Å²) in [7, 11) is 0. The lowest BCUT2D eigenvalue weighted by Crippen LogP contribution is -2.39. The zero-order valence-corrected chi connectivity index (χ0v) is 16.9. The molecule has 152 valence electrons. The molecule has 1 fully saturated rings. The number of hydrogen-bond acceptors (Lipinski definition) is 3. The first-order valence-electron chi connectivity index (χ1n) is 10.3. The fraction of sp³-hybridized carbons (Fsp3) is 0.391. The molecule has 0 saturated carbocycles. The van der Waals surface area contributed by atoms with Gasteiger partial charge in [-0.1, -0.05) is 25.5 Å². The maximum absolute atomic E-state index is 13.6. The molecule has 1 aromatic heterocycles. The number of urea groups is 1. The summed E-state index contributed by atoms with van der Waals surface area (Å²) < 4.78 is 19.6. The lowest BCUT2D eigenvalue weighted by Gasteiger charge is -2.22. The Balaban J connectivity index is 1.58. The van der Waals surface area contributed by atoms with Crippen molar-refractivity contribution in [2.24, 2.45) is 0 Å². The van der Waals surface area contributed by atoms with Crippen LogP contribution in [0.4, 0.5) is 9.18 Å². The Labute approximate surface area is 169 Å². The molecular formula is C23H26FN3O2. The lowest BCUT2D eigenvalue weighted by molar-refractivity contribution is 0.185. The van der Waals surface area contributed by atoms with E-state index >= 15 is 0 Å². The van der Waals surface area contributed by atoms with Crippen LogP contribution in [0.5, 0.6) is 0 Å². The minimum atomic E-state index is -0.211. The SMILES string of the molecule is CCCCNC(=O)N1CCC[C@@H]1c1nc2cc(-c3ccc(F)c(C)c3)ccc2o1. The number of nitrogens with zero attached hydrogens (tertiary/aromatic N) is 2. The zero-order chi connectivity index (χ0) is 20.4. The zero-order valence-electron chi connectivity index (χ0n) is 16.9. The van der Waals surface area contributed by atoms with E-state index in [1.165, 1.54) is 6.07 Å². The number of fused-ring (bicyclic) bond motifs is 1. The minimum absolute atomic E-state index is 0.0503. The number of carbonyl (C=O) groups is 1. The fourth-order valence-electron chi connectivity index (χ4n) is 3.83. The molecule has 1 aliphatic heterocycles. The number of rotatable bonds is 5. The third kappa shape index (κ3) is 3.97. The first-order chi connectivity index (χ1) is 14.1. The standard InChI is InChI=1S/C23H26FN3O2/c1-3-4-11-25-23(28)27-12-5-6-20(27)22-26-19-14-17(8-10-21(19)29-22)16-7-9-18(24)15(2)13-16/h7-10,13-14,20H,3-6,11-12H2,1-2H3,(H,25,28)/t20-/m1/s1. The second-order valence-electron chi connectivity index (χ2n) is 7.64. The van der Waals surface area contributed by atoms with Gasteiger partial charge in [0.15, 0.2) is 5.58 Å². The summed E-state index contributed by atoms with van der Waals surface area (Å²) in [6, 6.07) is 10.7. The molecule has 0 aliphatic carbocycles. The van der Waals surface area contributed by atoms with Crippen LogP contribution in [0.3, 0.4) is 0 Å². The van der Waals surface area contributed by atoms with Crippen molar-refractivity contribution >= 4 is 17.1 Å². The number of halogens is 1. The van der Waals surface area contributed by atoms with Crippen molar-refractivity contribution in [1.29, 1.82) is 0 Å². The van der Waals surface area contributed by atoms with E-state index in [1.807, 2.05) is 29.2 Å². The third-order valence-corrected chi connectivity index (χ3v) is 5.50. The van der Waals surface area contributed by atoms with Crippen molar-refractivity contribution in [3.63, 3.8) is 0 Å². The molecule has 2 heterocycles. The van der Waals surface area contributed by atoms with E-state index in [0.717, 1.165) is 42.3 Å². The Morgan fingerprint density at radius 1 is 1.28 bits per heavy atom. The van der Waals surface area contributed by atoms with Gasteiger partial charge in [0.2, 0.25) is 5.89 Å². The maximum atomic E-state index is 13.6. The molecule has 6 heteroatoms. The molecule has 1 aliphatic rings. The number of likely N-dealkylation sites (tertiary alicyclic amines) is 1. The van der Waals surface area contributed by atoms with Gasteiger partial charge in [-0.15, -0.1) is 0 Å². The fourth-order valence-corrected chi connectivity index (χ4v) is 3.83. The highest BCUT2D eigenvalue weighted by atomic mass is 19.1. The molecule has 1 N–H and O–H groups in total. The summed E-state index contributed by atoms with van der Waals surface area (Å²) in [4.78, 5) is 19.0. The van der Waals surface area contributed by atoms with Crippen LogP contribution in [0, 0.1) is 12.7 Å². The van der Waals surface area contributed by atoms with Gasteiger partial charge in [0, 0.05) is 13.1 Å². The Hall–Kier alpha value is -2.89. The molecule has 5 nitrogen and oxygen atoms in total. The van der Waals surface area contributed by atoms with Gasteiger partial charge in [0.05, 0.1) is 0 Å². The van der Waals surface area contributed by atoms with E-state index in [4.69, 9.17) is 4.42 Å². The molecule has 1 saturated heterocycles. The predicted molar refractivity (Wildman–Crippen MR) is 111 cm³/mol. The highest BCUT2D eigenvalue weighted by Gasteiger charge is 2.33. The van der Waals surface area contributed by atoms with Crippen LogP contribution in [-0.4, -0.2) is 29.0 Å². The molecule has 0 radical (unpaired) electrons. The van der Waals surface area contributed by atoms with Crippen LogP contribution in [0.2, 0.25) is 0 Å². The van der Waals surface area contributed by atoms with Crippen LogP contribution < -0.4 is 5.32 Å². The summed E-state index contributed by atoms with van der Waals surface area (Å²) in [5, 5.41) is 2.99. The number of aryl methyl sites for hydroxylation is 1. The first-order valence-corrected chi connectivity index (χ1v) is 10.3. The average molecular weight is 395 g/mol. The largest absolute Gasteiger partial charge is 0.438 e. The van der Waals surface area contributed by atoms with E-state index in [1.54, 1.807) is 13.0 Å². The van der Waals surface area contributed by atoms with Crippen LogP contribution in [0.25, 0.3) is 22.2 Å². The molecular weight excluding hydrogens is 369 g/mol. The van der Waals surface area contributed by atoms with Gasteiger partial charge in [-0.05, 0) is 67.1 Å². The lowest BCUT2D eigenvalue weighted by atomic mass is 10.0. The Kier molecular flexibility index (Phi) is 5.51. The molecule has 29 heavy (non-hydrogen) atoms. The van der Waals surface area contributed by atoms with Crippen molar-refractivity contribution in [3.05, 3.63) is 53.7 Å². The number of oxazole rings is 1. The van der Waals surface area contributed by atoms with Crippen molar-refractivity contribution in [1.82, 2.24) is 15.2 Å². The van der Waals surface area contributed by atoms with Gasteiger partial charge in [-0.3, -0.25) is 0 Å². The minimum Gasteiger partial charge on any atom is -0.438 e. The number of unbranched alkanes of at least 4 members (excludes halogenated alkanes) is 1. The van der Waals surface area contributed by atoms with Crippen molar-refractivity contribution in [2.45, 2.75) is 45.6 Å². The molecule has 1 atom stereocenters. The summed E-state index contributed by atoms with van der Waals surface area (Å²) >= 11 is 0. The molecule has 0 unspecified atom stereocenters. The number of aromatic nitrogens is 1. The van der Waals surface area contributed by atoms with Crippen LogP contribution in [0.1, 0.15) is 50.1 Å². The summed E-state index contributed by atoms with van der Waals surface area (Å²) in [6.07, 6.45) is 3.80. The van der Waals surface area contributed by atoms with Crippen LogP contribution in [0.15, 0.2) is 40.8 Å². The normalized spacial score (nSPS) is 16.5. The smallest absolute Gasteiger partial charge is 0.318 e. The second kappa shape index (κ2) is 8.23. The van der Waals surface area contributed by atoms with Gasteiger partial charge in [-0.25, -0.2) is 14.2 Å². The van der Waals surface area contributed by atoms with Crippen LogP contribution in [-0.2, 0) is 0 Å². The Bertz CT molecular complexity index is 1030. The number of carbonyl (C=O) groups excluding carboxylic acids is 1. The third-order valence-electron chi connectivity index (χ3n) is 5.50. The van der Waals surface area contributed by atoms with Crippen molar-refractivity contribution in [3.8, 4) is 11.1 Å². The molecule has 4 rings (SSSR count). The summed E-state index contributed by atoms with van der Waals surface area (Å²) in [5.74, 6) is 0.368. The number of benzene rings is 2. The van der Waals surface area contributed by atoms with Gasteiger partial charge in [0.1, 0.15) is 17.4 Å². The van der Waals surface area contributed by atoms with Gasteiger partial charge >= 0.3 is 6.03 Å². The average Bonchev–Trinajstić information content (AvgIpc) is 3.36. The second-order valence-corrected chi connectivity index (χ2v) is 7.64. The number of hydrogen-bond donors (Lipinski definition) is 1. The highest BCUT2D eigenvalue weighted by molar-refractivity contribution is 5.81.